The van der Waals surface area contributed by atoms with Crippen molar-refractivity contribution in [3.63, 3.8) is 0 Å². The molecule has 2 nitrogen and oxygen atoms in total. The molecule has 0 bridgehead atoms. The van der Waals surface area contributed by atoms with Gasteiger partial charge >= 0.3 is 0 Å². The fraction of sp³-hybridized carbons (Fsp3) is 0.278. The molecular weight excluding hydrogens is 265 g/mol. The average Bonchev–Trinajstić information content (AvgIpc) is 2.43. The molecule has 0 atom stereocenters. The summed E-state index contributed by atoms with van der Waals surface area (Å²) in [6.07, 6.45) is 0.296. The van der Waals surface area contributed by atoms with Crippen LogP contribution in [0.25, 0.3) is 0 Å². The van der Waals surface area contributed by atoms with Crippen molar-refractivity contribution in [1.29, 1.82) is 0 Å². The maximum absolute atomic E-state index is 13.6. The molecule has 2 aromatic carbocycles. The number of ketones is 1. The molecule has 0 saturated heterocycles. The zero-order valence-corrected chi connectivity index (χ0v) is 12.7. The van der Waals surface area contributed by atoms with Gasteiger partial charge in [-0.3, -0.25) is 4.79 Å². The zero-order valence-electron chi connectivity index (χ0n) is 12.7. The van der Waals surface area contributed by atoms with Gasteiger partial charge in [-0.15, -0.1) is 0 Å². The third-order valence-electron chi connectivity index (χ3n) is 3.50. The Morgan fingerprint density at radius 2 is 1.71 bits per heavy atom. The summed E-state index contributed by atoms with van der Waals surface area (Å²) in [5.41, 5.74) is 3.63. The van der Waals surface area contributed by atoms with E-state index >= 15 is 0 Å². The minimum atomic E-state index is -0.448. The Balaban J connectivity index is 2.02. The topological polar surface area (TPSA) is 20.3 Å². The number of benzene rings is 2. The van der Waals surface area contributed by atoms with Gasteiger partial charge in [0.1, 0.15) is 5.82 Å². The molecule has 0 saturated carbocycles. The van der Waals surface area contributed by atoms with Crippen LogP contribution >= 0.6 is 0 Å². The molecule has 3 heteroatoms. The highest BCUT2D eigenvalue weighted by atomic mass is 19.1. The first-order valence-electron chi connectivity index (χ1n) is 7.04. The molecule has 0 aliphatic rings. The van der Waals surface area contributed by atoms with Gasteiger partial charge in [0.2, 0.25) is 0 Å². The highest BCUT2D eigenvalue weighted by Crippen LogP contribution is 2.18. The zero-order chi connectivity index (χ0) is 15.4. The van der Waals surface area contributed by atoms with Crippen molar-refractivity contribution in [1.82, 2.24) is 0 Å². The van der Waals surface area contributed by atoms with E-state index in [-0.39, 0.29) is 11.3 Å². The average molecular weight is 285 g/mol. The van der Waals surface area contributed by atoms with Gasteiger partial charge in [0.05, 0.1) is 5.56 Å². The van der Waals surface area contributed by atoms with Gasteiger partial charge in [0.25, 0.3) is 0 Å². The molecule has 0 aliphatic heterocycles. The molecule has 2 aromatic rings. The summed E-state index contributed by atoms with van der Waals surface area (Å²) in [5, 5.41) is 0. The molecule has 0 spiro atoms. The lowest BCUT2D eigenvalue weighted by atomic mass is 10.1. The van der Waals surface area contributed by atoms with Crippen LogP contribution in [0.5, 0.6) is 0 Å². The van der Waals surface area contributed by atoms with E-state index in [0.717, 1.165) is 5.69 Å². The number of halogens is 1. The Morgan fingerprint density at radius 1 is 1.10 bits per heavy atom. The summed E-state index contributed by atoms with van der Waals surface area (Å²) in [7, 11) is 1.95. The van der Waals surface area contributed by atoms with Crippen LogP contribution in [0.1, 0.15) is 27.9 Å². The van der Waals surface area contributed by atoms with Crippen LogP contribution in [-0.4, -0.2) is 19.4 Å². The minimum absolute atomic E-state index is 0.163. The first-order chi connectivity index (χ1) is 9.97. The summed E-state index contributed by atoms with van der Waals surface area (Å²) in [4.78, 5) is 14.1. The second-order valence-electron chi connectivity index (χ2n) is 5.42. The van der Waals surface area contributed by atoms with Crippen molar-refractivity contribution in [2.45, 2.75) is 20.3 Å². The molecule has 0 amide bonds. The molecule has 0 radical (unpaired) electrons. The Bertz CT molecular complexity index is 631. The van der Waals surface area contributed by atoms with Crippen LogP contribution in [0.15, 0.2) is 42.5 Å². The first kappa shape index (κ1) is 15.2. The maximum Gasteiger partial charge on any atom is 0.167 e. The lowest BCUT2D eigenvalue weighted by Crippen LogP contribution is -2.21. The van der Waals surface area contributed by atoms with Crippen LogP contribution in [0.4, 0.5) is 10.1 Å². The highest BCUT2D eigenvalue weighted by molar-refractivity contribution is 5.96. The van der Waals surface area contributed by atoms with Gasteiger partial charge in [-0.1, -0.05) is 18.2 Å². The number of carbonyl (C=O) groups excluding carboxylic acids is 1. The number of aryl methyl sites for hydroxylation is 2. The van der Waals surface area contributed by atoms with E-state index in [4.69, 9.17) is 0 Å². The fourth-order valence-corrected chi connectivity index (χ4v) is 2.39. The van der Waals surface area contributed by atoms with Crippen molar-refractivity contribution in [3.05, 3.63) is 65.0 Å². The summed E-state index contributed by atoms with van der Waals surface area (Å²) in [6.45, 7) is 4.67. The Kier molecular flexibility index (Phi) is 4.73. The van der Waals surface area contributed by atoms with Crippen molar-refractivity contribution >= 4 is 11.5 Å². The van der Waals surface area contributed by atoms with Gasteiger partial charge in [0.15, 0.2) is 5.78 Å². The van der Waals surface area contributed by atoms with E-state index in [1.165, 1.54) is 23.3 Å². The number of anilines is 1. The molecule has 0 unspecified atom stereocenters. The van der Waals surface area contributed by atoms with E-state index in [1.807, 2.05) is 11.9 Å². The van der Waals surface area contributed by atoms with E-state index in [0.29, 0.717) is 13.0 Å². The minimum Gasteiger partial charge on any atom is -0.374 e. The highest BCUT2D eigenvalue weighted by Gasteiger charge is 2.12. The molecular formula is C18H20FNO. The van der Waals surface area contributed by atoms with Crippen LogP contribution in [0.3, 0.4) is 0 Å². The Hall–Kier alpha value is -2.16. The van der Waals surface area contributed by atoms with Crippen molar-refractivity contribution in [3.8, 4) is 0 Å². The van der Waals surface area contributed by atoms with Gasteiger partial charge in [-0.2, -0.15) is 0 Å². The Labute approximate surface area is 125 Å². The van der Waals surface area contributed by atoms with Gasteiger partial charge in [0, 0.05) is 25.7 Å². The standard InChI is InChI=1S/C18H20FNO/c1-13-10-14(2)12-15(11-13)20(3)9-8-18(21)16-6-4-5-7-17(16)19/h4-7,10-12H,8-9H2,1-3H3. The molecule has 0 heterocycles. The van der Waals surface area contributed by atoms with Crippen LogP contribution in [0.2, 0.25) is 0 Å². The summed E-state index contributed by atoms with van der Waals surface area (Å²) in [6, 6.07) is 12.4. The predicted molar refractivity (Wildman–Crippen MR) is 84.5 cm³/mol. The van der Waals surface area contributed by atoms with E-state index in [9.17, 15) is 9.18 Å². The van der Waals surface area contributed by atoms with Gasteiger partial charge < -0.3 is 4.90 Å². The predicted octanol–water partition coefficient (Wildman–Crippen LogP) is 4.15. The maximum atomic E-state index is 13.6. The van der Waals surface area contributed by atoms with Crippen LogP contribution in [-0.2, 0) is 0 Å². The molecule has 0 N–H and O–H groups in total. The summed E-state index contributed by atoms with van der Waals surface area (Å²) < 4.78 is 13.6. The third kappa shape index (κ3) is 3.91. The fourth-order valence-electron chi connectivity index (χ4n) is 2.39. The quantitative estimate of drug-likeness (QED) is 0.769. The number of rotatable bonds is 5. The van der Waals surface area contributed by atoms with Crippen molar-refractivity contribution in [2.24, 2.45) is 0 Å². The molecule has 0 fully saturated rings. The number of Topliss-reactive ketones (excluding diaryl/α,β-unsaturated/α-hetero) is 1. The van der Waals surface area contributed by atoms with Crippen molar-refractivity contribution < 1.29 is 9.18 Å². The van der Waals surface area contributed by atoms with Gasteiger partial charge in [-0.25, -0.2) is 4.39 Å². The second kappa shape index (κ2) is 6.53. The van der Waals surface area contributed by atoms with E-state index in [1.54, 1.807) is 12.1 Å². The lowest BCUT2D eigenvalue weighted by Gasteiger charge is -2.20. The molecule has 21 heavy (non-hydrogen) atoms. The van der Waals surface area contributed by atoms with Gasteiger partial charge in [-0.05, 0) is 49.2 Å². The molecule has 110 valence electrons. The lowest BCUT2D eigenvalue weighted by molar-refractivity contribution is 0.0981. The van der Waals surface area contributed by atoms with Crippen LogP contribution < -0.4 is 4.90 Å². The largest absolute Gasteiger partial charge is 0.374 e. The molecule has 0 aromatic heterocycles. The normalized spacial score (nSPS) is 10.5. The SMILES string of the molecule is Cc1cc(C)cc(N(C)CCC(=O)c2ccccc2F)c1. The van der Waals surface area contributed by atoms with Crippen molar-refractivity contribution in [2.75, 3.05) is 18.5 Å². The number of hydrogen-bond acceptors (Lipinski definition) is 2. The van der Waals surface area contributed by atoms with Crippen LogP contribution in [0, 0.1) is 19.7 Å². The molecule has 2 rings (SSSR count). The molecule has 0 aliphatic carbocycles. The number of nitrogens with zero attached hydrogens (tertiary/aromatic N) is 1. The number of hydrogen-bond donors (Lipinski definition) is 0. The number of carbonyl (C=O) groups is 1. The first-order valence-corrected chi connectivity index (χ1v) is 7.04. The van der Waals surface area contributed by atoms with E-state index < -0.39 is 5.82 Å². The summed E-state index contributed by atoms with van der Waals surface area (Å²) in [5.74, 6) is -0.610. The van der Waals surface area contributed by atoms with E-state index in [2.05, 4.69) is 32.0 Å². The smallest absolute Gasteiger partial charge is 0.167 e. The monoisotopic (exact) mass is 285 g/mol. The summed E-state index contributed by atoms with van der Waals surface area (Å²) >= 11 is 0. The Morgan fingerprint density at radius 3 is 2.33 bits per heavy atom. The second-order valence-corrected chi connectivity index (χ2v) is 5.42. The third-order valence-corrected chi connectivity index (χ3v) is 3.50.